The van der Waals surface area contributed by atoms with Crippen LogP contribution in [0.2, 0.25) is 0 Å². The minimum absolute atomic E-state index is 0.0435. The zero-order chi connectivity index (χ0) is 24.0. The second-order valence-electron chi connectivity index (χ2n) is 7.95. The minimum atomic E-state index is -0.955. The Kier molecular flexibility index (Phi) is 5.49. The number of carbonyl (C=O) groups excluding carboxylic acids is 2. The van der Waals surface area contributed by atoms with Crippen LogP contribution in [-0.4, -0.2) is 41.2 Å². The van der Waals surface area contributed by atoms with E-state index in [0.29, 0.717) is 34.1 Å². The Morgan fingerprint density at radius 2 is 1.76 bits per heavy atom. The van der Waals surface area contributed by atoms with Crippen LogP contribution in [-0.2, 0) is 9.59 Å². The molecule has 9 nitrogen and oxygen atoms in total. The Hall–Kier alpha value is -4.01. The SMILES string of the molecule is COc1ccc(C2/C(=C(\O)c3c(C)[nH]c(C)c3C)C(=O)C(=O)N2c2cc(C)on2)cc1OC. The van der Waals surface area contributed by atoms with Crippen molar-refractivity contribution < 1.29 is 28.7 Å². The van der Waals surface area contributed by atoms with Gasteiger partial charge in [-0.2, -0.15) is 0 Å². The number of amides is 1. The molecule has 0 saturated carbocycles. The maximum atomic E-state index is 13.3. The lowest BCUT2D eigenvalue weighted by molar-refractivity contribution is -0.132. The number of Topliss-reactive ketones (excluding diaryl/α,β-unsaturated/α-hetero) is 1. The van der Waals surface area contributed by atoms with E-state index in [1.165, 1.54) is 19.1 Å². The third-order valence-corrected chi connectivity index (χ3v) is 5.95. The number of aryl methyl sites for hydroxylation is 3. The third kappa shape index (κ3) is 3.45. The van der Waals surface area contributed by atoms with E-state index in [9.17, 15) is 14.7 Å². The maximum Gasteiger partial charge on any atom is 0.301 e. The number of hydrogen-bond acceptors (Lipinski definition) is 7. The normalized spacial score (nSPS) is 17.6. The van der Waals surface area contributed by atoms with Crippen LogP contribution < -0.4 is 14.4 Å². The van der Waals surface area contributed by atoms with Crippen LogP contribution in [0.1, 0.15) is 39.9 Å². The van der Waals surface area contributed by atoms with Crippen LogP contribution in [0.4, 0.5) is 5.82 Å². The van der Waals surface area contributed by atoms with Crippen LogP contribution in [0.5, 0.6) is 11.5 Å². The van der Waals surface area contributed by atoms with E-state index in [2.05, 4.69) is 10.1 Å². The molecule has 1 fully saturated rings. The van der Waals surface area contributed by atoms with Crippen molar-refractivity contribution in [1.82, 2.24) is 10.1 Å². The van der Waals surface area contributed by atoms with Crippen molar-refractivity contribution in [3.8, 4) is 11.5 Å². The molecule has 1 saturated heterocycles. The monoisotopic (exact) mass is 451 g/mol. The van der Waals surface area contributed by atoms with Crippen molar-refractivity contribution in [2.75, 3.05) is 19.1 Å². The summed E-state index contributed by atoms with van der Waals surface area (Å²) in [5.41, 5.74) is 3.33. The maximum absolute atomic E-state index is 13.3. The van der Waals surface area contributed by atoms with Crippen LogP contribution in [0.25, 0.3) is 5.76 Å². The second-order valence-corrected chi connectivity index (χ2v) is 7.95. The molecule has 1 aromatic carbocycles. The lowest BCUT2D eigenvalue weighted by atomic mass is 9.94. The van der Waals surface area contributed by atoms with E-state index in [-0.39, 0.29) is 17.2 Å². The first kappa shape index (κ1) is 22.2. The molecule has 3 aromatic rings. The van der Waals surface area contributed by atoms with Gasteiger partial charge in [0.1, 0.15) is 11.5 Å². The number of aromatic nitrogens is 2. The van der Waals surface area contributed by atoms with Crippen molar-refractivity contribution in [1.29, 1.82) is 0 Å². The van der Waals surface area contributed by atoms with Gasteiger partial charge >= 0.3 is 5.91 Å². The zero-order valence-corrected chi connectivity index (χ0v) is 19.3. The molecule has 2 aromatic heterocycles. The van der Waals surface area contributed by atoms with E-state index < -0.39 is 17.7 Å². The highest BCUT2D eigenvalue weighted by molar-refractivity contribution is 6.51. The van der Waals surface area contributed by atoms with Crippen LogP contribution in [0, 0.1) is 27.7 Å². The van der Waals surface area contributed by atoms with E-state index in [1.54, 1.807) is 38.1 Å². The molecular formula is C24H25N3O6. The number of aliphatic hydroxyl groups is 1. The number of methoxy groups -OCH3 is 2. The summed E-state index contributed by atoms with van der Waals surface area (Å²) in [6, 6.07) is 5.68. The first-order valence-electron chi connectivity index (χ1n) is 10.3. The first-order valence-corrected chi connectivity index (χ1v) is 10.3. The lowest BCUT2D eigenvalue weighted by Gasteiger charge is -2.23. The fourth-order valence-electron chi connectivity index (χ4n) is 4.27. The first-order chi connectivity index (χ1) is 15.7. The van der Waals surface area contributed by atoms with E-state index >= 15 is 0 Å². The summed E-state index contributed by atoms with van der Waals surface area (Å²) in [6.07, 6.45) is 0. The average Bonchev–Trinajstić information content (AvgIpc) is 3.41. The summed E-state index contributed by atoms with van der Waals surface area (Å²) >= 11 is 0. The Balaban J connectivity index is 2.00. The highest BCUT2D eigenvalue weighted by Crippen LogP contribution is 2.44. The van der Waals surface area contributed by atoms with E-state index in [4.69, 9.17) is 14.0 Å². The molecule has 2 N–H and O–H groups in total. The number of H-pyrrole nitrogens is 1. The van der Waals surface area contributed by atoms with Gasteiger partial charge in [0.05, 0.1) is 25.8 Å². The van der Waals surface area contributed by atoms with Crippen molar-refractivity contribution in [2.45, 2.75) is 33.7 Å². The van der Waals surface area contributed by atoms with Gasteiger partial charge in [-0.1, -0.05) is 11.2 Å². The number of nitrogens with zero attached hydrogens (tertiary/aromatic N) is 2. The summed E-state index contributed by atoms with van der Waals surface area (Å²) in [5, 5.41) is 15.3. The van der Waals surface area contributed by atoms with Gasteiger partial charge in [0.15, 0.2) is 17.3 Å². The standard InChI is InChI=1S/C24H25N3O6/c1-11-9-18(26-33-11)27-21(15-7-8-16(31-5)17(10-15)32-6)20(23(29)24(27)30)22(28)19-12(2)13(3)25-14(19)4/h7-10,21,25,28H,1-6H3/b22-20+. The number of hydrogen-bond donors (Lipinski definition) is 2. The fraction of sp³-hybridized carbons (Fsp3) is 0.292. The highest BCUT2D eigenvalue weighted by Gasteiger charge is 2.48. The lowest BCUT2D eigenvalue weighted by Crippen LogP contribution is -2.29. The van der Waals surface area contributed by atoms with Crippen molar-refractivity contribution in [2.24, 2.45) is 0 Å². The number of aliphatic hydroxyl groups excluding tert-OH is 1. The molecule has 4 rings (SSSR count). The Bertz CT molecular complexity index is 1300. The van der Waals surface area contributed by atoms with Gasteiger partial charge in [-0.25, -0.2) is 0 Å². The minimum Gasteiger partial charge on any atom is -0.507 e. The Labute approximate surface area is 190 Å². The number of ketones is 1. The van der Waals surface area contributed by atoms with Crippen LogP contribution >= 0.6 is 0 Å². The van der Waals surface area contributed by atoms with Crippen LogP contribution in [0.3, 0.4) is 0 Å². The molecule has 172 valence electrons. The Morgan fingerprint density at radius 3 is 2.30 bits per heavy atom. The molecule has 3 heterocycles. The topological polar surface area (TPSA) is 118 Å². The number of anilines is 1. The van der Waals surface area contributed by atoms with Gasteiger partial charge in [0.25, 0.3) is 5.78 Å². The summed E-state index contributed by atoms with van der Waals surface area (Å²) in [5.74, 6) is -0.323. The van der Waals surface area contributed by atoms with Gasteiger partial charge < -0.3 is 24.1 Å². The van der Waals surface area contributed by atoms with Gasteiger partial charge in [-0.15, -0.1) is 0 Å². The van der Waals surface area contributed by atoms with Crippen molar-refractivity contribution >= 4 is 23.3 Å². The number of ether oxygens (including phenoxy) is 2. The molecular weight excluding hydrogens is 426 g/mol. The van der Waals surface area contributed by atoms with E-state index in [0.717, 1.165) is 11.3 Å². The van der Waals surface area contributed by atoms with Crippen molar-refractivity contribution in [3.05, 3.63) is 63.7 Å². The summed E-state index contributed by atoms with van der Waals surface area (Å²) < 4.78 is 15.9. The largest absolute Gasteiger partial charge is 0.507 e. The van der Waals surface area contributed by atoms with Crippen LogP contribution in [0.15, 0.2) is 34.4 Å². The number of aromatic amines is 1. The summed E-state index contributed by atoms with van der Waals surface area (Å²) in [6.45, 7) is 7.21. The highest BCUT2D eigenvalue weighted by atomic mass is 16.5. The predicted octanol–water partition coefficient (Wildman–Crippen LogP) is 3.88. The fourth-order valence-corrected chi connectivity index (χ4v) is 4.27. The molecule has 1 aliphatic rings. The molecule has 0 radical (unpaired) electrons. The molecule has 0 aliphatic carbocycles. The third-order valence-electron chi connectivity index (χ3n) is 5.95. The quantitative estimate of drug-likeness (QED) is 0.343. The molecule has 1 atom stereocenters. The predicted molar refractivity (Wildman–Crippen MR) is 121 cm³/mol. The number of carbonyl (C=O) groups is 2. The molecule has 0 spiro atoms. The molecule has 1 aliphatic heterocycles. The van der Waals surface area contributed by atoms with Gasteiger partial charge in [-0.3, -0.25) is 14.5 Å². The second kappa shape index (κ2) is 8.16. The van der Waals surface area contributed by atoms with E-state index in [1.807, 2.05) is 13.8 Å². The number of rotatable bonds is 5. The van der Waals surface area contributed by atoms with Gasteiger partial charge in [0.2, 0.25) is 0 Å². The van der Waals surface area contributed by atoms with Gasteiger partial charge in [-0.05, 0) is 51.0 Å². The summed E-state index contributed by atoms with van der Waals surface area (Å²) in [7, 11) is 3.01. The van der Waals surface area contributed by atoms with Gasteiger partial charge in [0, 0.05) is 23.0 Å². The molecule has 1 amide bonds. The molecule has 1 unspecified atom stereocenters. The summed E-state index contributed by atoms with van der Waals surface area (Å²) in [4.78, 5) is 30.9. The molecule has 9 heteroatoms. The molecule has 33 heavy (non-hydrogen) atoms. The molecule has 0 bridgehead atoms. The van der Waals surface area contributed by atoms with Crippen molar-refractivity contribution in [3.63, 3.8) is 0 Å². The Morgan fingerprint density at radius 1 is 1.06 bits per heavy atom. The average molecular weight is 451 g/mol. The smallest absolute Gasteiger partial charge is 0.301 e. The number of nitrogens with one attached hydrogen (secondary N) is 1. The zero-order valence-electron chi connectivity index (χ0n) is 19.3. The number of benzene rings is 1.